The summed E-state index contributed by atoms with van der Waals surface area (Å²) in [6, 6.07) is 2.26. The number of nitrogens with zero attached hydrogens (tertiary/aromatic N) is 1. The molecule has 1 unspecified atom stereocenters. The summed E-state index contributed by atoms with van der Waals surface area (Å²) < 4.78 is 5.36. The highest BCUT2D eigenvalue weighted by Crippen LogP contribution is 2.27. The predicted octanol–water partition coefficient (Wildman–Crippen LogP) is 3.10. The summed E-state index contributed by atoms with van der Waals surface area (Å²) in [5.74, 6) is 0.836. The van der Waals surface area contributed by atoms with Gasteiger partial charge in [0.25, 0.3) is 0 Å². The number of hydrogen-bond acceptors (Lipinski definition) is 3. The molecule has 0 amide bonds. The van der Waals surface area contributed by atoms with E-state index in [1.807, 2.05) is 13.0 Å². The van der Waals surface area contributed by atoms with Crippen LogP contribution in [0.25, 0.3) is 0 Å². The van der Waals surface area contributed by atoms with Crippen LogP contribution >= 0.6 is 0 Å². The van der Waals surface area contributed by atoms with Crippen LogP contribution in [0.2, 0.25) is 0 Å². The van der Waals surface area contributed by atoms with Crippen LogP contribution in [0.3, 0.4) is 0 Å². The Hall–Kier alpha value is -1.35. The molecule has 0 saturated heterocycles. The lowest BCUT2D eigenvalue weighted by molar-refractivity contribution is 0.396. The van der Waals surface area contributed by atoms with Gasteiger partial charge in [-0.1, -0.05) is 12.5 Å². The Morgan fingerprint density at radius 2 is 2.35 bits per heavy atom. The van der Waals surface area contributed by atoms with E-state index in [0.29, 0.717) is 0 Å². The van der Waals surface area contributed by atoms with Crippen LogP contribution in [0, 0.1) is 0 Å². The molecule has 0 aromatic carbocycles. The molecule has 1 heterocycles. The zero-order chi connectivity index (χ0) is 12.7. The van der Waals surface area contributed by atoms with Crippen molar-refractivity contribution in [3.05, 3.63) is 36.2 Å². The van der Waals surface area contributed by atoms with Crippen LogP contribution in [-0.2, 0) is 0 Å². The van der Waals surface area contributed by atoms with E-state index in [-0.39, 0.29) is 6.04 Å². The van der Waals surface area contributed by atoms with Crippen LogP contribution in [0.15, 0.2) is 30.6 Å². The normalized spacial score (nSPS) is 12.2. The van der Waals surface area contributed by atoms with Crippen molar-refractivity contribution >= 4 is 0 Å². The lowest BCUT2D eigenvalue weighted by Crippen LogP contribution is -2.23. The molecule has 0 saturated carbocycles. The third-order valence-electron chi connectivity index (χ3n) is 2.61. The molecule has 1 aromatic heterocycles. The van der Waals surface area contributed by atoms with Gasteiger partial charge in [0, 0.05) is 17.8 Å². The minimum Gasteiger partial charge on any atom is -0.495 e. The molecule has 0 bridgehead atoms. The average Bonchev–Trinajstić information content (AvgIpc) is 2.34. The van der Waals surface area contributed by atoms with E-state index in [2.05, 4.69) is 23.8 Å². The van der Waals surface area contributed by atoms with Crippen molar-refractivity contribution in [1.82, 2.24) is 10.3 Å². The number of rotatable bonds is 7. The van der Waals surface area contributed by atoms with Gasteiger partial charge in [0.15, 0.2) is 0 Å². The van der Waals surface area contributed by atoms with Gasteiger partial charge in [-0.2, -0.15) is 0 Å². The number of aromatic nitrogens is 1. The molecule has 1 rings (SSSR count). The number of pyridine rings is 1. The van der Waals surface area contributed by atoms with Crippen molar-refractivity contribution in [2.75, 3.05) is 13.7 Å². The molecule has 1 aromatic rings. The maximum Gasteiger partial charge on any atom is 0.141 e. The SMILES string of the molecule is C=C(C)CC(NCCC)c1ccncc1OC. The molecular formula is C14H22N2O. The van der Waals surface area contributed by atoms with Gasteiger partial charge in [-0.3, -0.25) is 4.98 Å². The van der Waals surface area contributed by atoms with Gasteiger partial charge in [-0.25, -0.2) is 0 Å². The molecule has 3 nitrogen and oxygen atoms in total. The highest BCUT2D eigenvalue weighted by Gasteiger charge is 2.15. The summed E-state index contributed by atoms with van der Waals surface area (Å²) in [6.45, 7) is 9.19. The van der Waals surface area contributed by atoms with Gasteiger partial charge >= 0.3 is 0 Å². The van der Waals surface area contributed by atoms with Crippen LogP contribution in [0.1, 0.15) is 38.3 Å². The first kappa shape index (κ1) is 13.7. The van der Waals surface area contributed by atoms with Gasteiger partial charge in [0.1, 0.15) is 5.75 Å². The fourth-order valence-electron chi connectivity index (χ4n) is 1.81. The van der Waals surface area contributed by atoms with Gasteiger partial charge in [-0.15, -0.1) is 6.58 Å². The van der Waals surface area contributed by atoms with Crippen molar-refractivity contribution in [2.24, 2.45) is 0 Å². The number of methoxy groups -OCH3 is 1. The van der Waals surface area contributed by atoms with Crippen molar-refractivity contribution in [3.63, 3.8) is 0 Å². The Morgan fingerprint density at radius 1 is 1.59 bits per heavy atom. The Morgan fingerprint density at radius 3 is 2.94 bits per heavy atom. The first-order valence-electron chi connectivity index (χ1n) is 6.04. The lowest BCUT2D eigenvalue weighted by Gasteiger charge is -2.21. The second-order valence-electron chi connectivity index (χ2n) is 4.29. The molecule has 0 aliphatic carbocycles. The fourth-order valence-corrected chi connectivity index (χ4v) is 1.81. The lowest BCUT2D eigenvalue weighted by atomic mass is 10.0. The second kappa shape index (κ2) is 7.07. The zero-order valence-corrected chi connectivity index (χ0v) is 11.0. The molecule has 0 radical (unpaired) electrons. The summed E-state index contributed by atoms with van der Waals surface area (Å²) in [5.41, 5.74) is 2.32. The highest BCUT2D eigenvalue weighted by molar-refractivity contribution is 5.33. The zero-order valence-electron chi connectivity index (χ0n) is 11.0. The van der Waals surface area contributed by atoms with E-state index >= 15 is 0 Å². The average molecular weight is 234 g/mol. The molecule has 0 spiro atoms. The minimum atomic E-state index is 0.255. The van der Waals surface area contributed by atoms with Crippen molar-refractivity contribution in [3.8, 4) is 5.75 Å². The van der Waals surface area contributed by atoms with Gasteiger partial charge in [0.05, 0.1) is 13.3 Å². The van der Waals surface area contributed by atoms with Crippen molar-refractivity contribution in [2.45, 2.75) is 32.7 Å². The maximum atomic E-state index is 5.36. The number of ether oxygens (including phenoxy) is 1. The van der Waals surface area contributed by atoms with Crippen molar-refractivity contribution in [1.29, 1.82) is 0 Å². The first-order valence-corrected chi connectivity index (χ1v) is 6.04. The number of hydrogen-bond donors (Lipinski definition) is 1. The van der Waals surface area contributed by atoms with Gasteiger partial charge < -0.3 is 10.1 Å². The molecular weight excluding hydrogens is 212 g/mol. The molecule has 0 aliphatic rings. The quantitative estimate of drug-likeness (QED) is 0.736. The van der Waals surface area contributed by atoms with E-state index in [0.717, 1.165) is 36.3 Å². The monoisotopic (exact) mass is 234 g/mol. The minimum absolute atomic E-state index is 0.255. The molecule has 3 heteroatoms. The molecule has 0 fully saturated rings. The van der Waals surface area contributed by atoms with E-state index in [9.17, 15) is 0 Å². The fraction of sp³-hybridized carbons (Fsp3) is 0.500. The summed E-state index contributed by atoms with van der Waals surface area (Å²) >= 11 is 0. The van der Waals surface area contributed by atoms with Crippen LogP contribution in [-0.4, -0.2) is 18.6 Å². The summed E-state index contributed by atoms with van der Waals surface area (Å²) in [5, 5.41) is 3.52. The molecule has 1 N–H and O–H groups in total. The smallest absolute Gasteiger partial charge is 0.141 e. The van der Waals surface area contributed by atoms with E-state index in [4.69, 9.17) is 4.74 Å². The summed E-state index contributed by atoms with van der Waals surface area (Å²) in [6.07, 6.45) is 5.59. The van der Waals surface area contributed by atoms with E-state index in [1.54, 1.807) is 19.5 Å². The Kier molecular flexibility index (Phi) is 5.70. The number of nitrogens with one attached hydrogen (secondary N) is 1. The van der Waals surface area contributed by atoms with Gasteiger partial charge in [-0.05, 0) is 32.4 Å². The molecule has 1 atom stereocenters. The van der Waals surface area contributed by atoms with E-state index < -0.39 is 0 Å². The Balaban J connectivity index is 2.90. The Labute approximate surface area is 104 Å². The Bertz CT molecular complexity index is 363. The van der Waals surface area contributed by atoms with Crippen molar-refractivity contribution < 1.29 is 4.74 Å². The van der Waals surface area contributed by atoms with Gasteiger partial charge in [0.2, 0.25) is 0 Å². The predicted molar refractivity (Wildman–Crippen MR) is 71.3 cm³/mol. The maximum absolute atomic E-state index is 5.36. The van der Waals surface area contributed by atoms with Crippen LogP contribution in [0.4, 0.5) is 0 Å². The largest absolute Gasteiger partial charge is 0.495 e. The molecule has 17 heavy (non-hydrogen) atoms. The summed E-state index contributed by atoms with van der Waals surface area (Å²) in [7, 11) is 1.68. The van der Waals surface area contributed by atoms with Crippen LogP contribution < -0.4 is 10.1 Å². The first-order chi connectivity index (χ1) is 8.19. The third kappa shape index (κ3) is 4.19. The molecule has 94 valence electrons. The second-order valence-corrected chi connectivity index (χ2v) is 4.29. The van der Waals surface area contributed by atoms with Crippen LogP contribution in [0.5, 0.6) is 5.75 Å². The molecule has 0 aliphatic heterocycles. The summed E-state index contributed by atoms with van der Waals surface area (Å²) in [4.78, 5) is 4.08. The standard InChI is InChI=1S/C14H22N2O/c1-5-7-16-13(9-11(2)3)12-6-8-15-10-14(12)17-4/h6,8,10,13,16H,2,5,7,9H2,1,3-4H3. The topological polar surface area (TPSA) is 34.2 Å². The highest BCUT2D eigenvalue weighted by atomic mass is 16.5. The van der Waals surface area contributed by atoms with E-state index in [1.165, 1.54) is 0 Å². The third-order valence-corrected chi connectivity index (χ3v) is 2.61.